The van der Waals surface area contributed by atoms with Crippen molar-refractivity contribution < 1.29 is 15.3 Å². The number of nitrogens with two attached hydrogens (primary N) is 2. The van der Waals surface area contributed by atoms with E-state index in [1.807, 2.05) is 0 Å². The molecule has 0 aliphatic heterocycles. The van der Waals surface area contributed by atoms with Crippen LogP contribution in [0.15, 0.2) is 6.20 Å². The Labute approximate surface area is 86.9 Å². The molecule has 1 rings (SSSR count). The fourth-order valence-electron chi connectivity index (χ4n) is 1.18. The van der Waals surface area contributed by atoms with Crippen LogP contribution in [0.5, 0.6) is 0 Å². The Morgan fingerprint density at radius 2 is 1.93 bits per heavy atom. The van der Waals surface area contributed by atoms with Gasteiger partial charge in [-0.3, -0.25) is 0 Å². The van der Waals surface area contributed by atoms with Crippen LogP contribution in [-0.2, 0) is 6.54 Å². The van der Waals surface area contributed by atoms with Crippen molar-refractivity contribution in [2.24, 2.45) is 5.92 Å². The number of nitrogen functional groups attached to an aromatic ring is 2. The van der Waals surface area contributed by atoms with E-state index >= 15 is 0 Å². The van der Waals surface area contributed by atoms with Crippen molar-refractivity contribution in [1.82, 2.24) is 9.78 Å². The average molecular weight is 216 g/mol. The predicted molar refractivity (Wildman–Crippen MR) is 54.7 cm³/mol. The van der Waals surface area contributed by atoms with Gasteiger partial charge in [-0.25, -0.2) is 4.68 Å². The molecule has 0 amide bonds. The van der Waals surface area contributed by atoms with E-state index in [0.29, 0.717) is 5.69 Å². The molecule has 1 atom stereocenters. The summed E-state index contributed by atoms with van der Waals surface area (Å²) in [6.07, 6.45) is 0.469. The molecule has 0 radical (unpaired) electrons. The van der Waals surface area contributed by atoms with E-state index in [1.165, 1.54) is 10.9 Å². The lowest BCUT2D eigenvalue weighted by Gasteiger charge is -2.18. The average Bonchev–Trinajstić information content (AvgIpc) is 2.52. The molecule has 0 saturated carbocycles. The minimum absolute atomic E-state index is 0.0921. The lowest BCUT2D eigenvalue weighted by molar-refractivity contribution is 0.0207. The summed E-state index contributed by atoms with van der Waals surface area (Å²) >= 11 is 0. The zero-order valence-electron chi connectivity index (χ0n) is 8.24. The second kappa shape index (κ2) is 4.96. The van der Waals surface area contributed by atoms with Gasteiger partial charge in [0.15, 0.2) is 0 Å². The quantitative estimate of drug-likeness (QED) is 0.387. The molecule has 86 valence electrons. The molecule has 7 heteroatoms. The van der Waals surface area contributed by atoms with Crippen LogP contribution >= 0.6 is 0 Å². The Balaban J connectivity index is 2.65. The highest BCUT2D eigenvalue weighted by molar-refractivity contribution is 5.56. The maximum Gasteiger partial charge on any atom is 0.145 e. The topological polar surface area (TPSA) is 131 Å². The van der Waals surface area contributed by atoms with Gasteiger partial charge in [0, 0.05) is 5.92 Å². The third kappa shape index (κ3) is 2.58. The normalized spacial score (nSPS) is 13.3. The summed E-state index contributed by atoms with van der Waals surface area (Å²) in [5.41, 5.74) is 11.4. The zero-order chi connectivity index (χ0) is 11.4. The number of aliphatic hydroxyl groups is 3. The Bertz CT molecular complexity index is 311. The first-order valence-corrected chi connectivity index (χ1v) is 4.56. The molecule has 0 fully saturated rings. The van der Waals surface area contributed by atoms with E-state index < -0.39 is 12.0 Å². The third-order valence-corrected chi connectivity index (χ3v) is 2.28. The van der Waals surface area contributed by atoms with Crippen LogP contribution in [-0.4, -0.2) is 44.4 Å². The monoisotopic (exact) mass is 216 g/mol. The van der Waals surface area contributed by atoms with Crippen LogP contribution in [0.25, 0.3) is 0 Å². The molecule has 15 heavy (non-hydrogen) atoms. The van der Waals surface area contributed by atoms with Crippen molar-refractivity contribution in [2.75, 3.05) is 24.7 Å². The molecule has 1 heterocycles. The Hall–Kier alpha value is -1.31. The Morgan fingerprint density at radius 3 is 2.33 bits per heavy atom. The van der Waals surface area contributed by atoms with Crippen LogP contribution in [0, 0.1) is 5.92 Å². The van der Waals surface area contributed by atoms with Crippen LogP contribution in [0.2, 0.25) is 0 Å². The smallest absolute Gasteiger partial charge is 0.145 e. The van der Waals surface area contributed by atoms with Gasteiger partial charge in [0.05, 0.1) is 37.7 Å². The van der Waals surface area contributed by atoms with Gasteiger partial charge >= 0.3 is 0 Å². The molecule has 7 nitrogen and oxygen atoms in total. The Kier molecular flexibility index (Phi) is 3.89. The zero-order valence-corrected chi connectivity index (χ0v) is 8.24. The van der Waals surface area contributed by atoms with Crippen molar-refractivity contribution in [3.8, 4) is 0 Å². The standard InChI is InChI=1S/C8H16N4O3/c9-6-1-11-12(8(6)10)2-7(15)5(3-13)4-14/h1,5,7,13-15H,2-4,9-10H2. The summed E-state index contributed by atoms with van der Waals surface area (Å²) in [6, 6.07) is 0. The molecular weight excluding hydrogens is 200 g/mol. The molecule has 0 saturated heterocycles. The van der Waals surface area contributed by atoms with Gasteiger partial charge in [0.1, 0.15) is 5.82 Å². The molecular formula is C8H16N4O3. The summed E-state index contributed by atoms with van der Waals surface area (Å²) in [7, 11) is 0. The minimum atomic E-state index is -0.915. The van der Waals surface area contributed by atoms with Gasteiger partial charge in [-0.15, -0.1) is 0 Å². The predicted octanol–water partition coefficient (Wildman–Crippen LogP) is -1.99. The van der Waals surface area contributed by atoms with Crippen molar-refractivity contribution >= 4 is 11.5 Å². The molecule has 1 unspecified atom stereocenters. The van der Waals surface area contributed by atoms with E-state index in [-0.39, 0.29) is 25.6 Å². The van der Waals surface area contributed by atoms with Gasteiger partial charge in [0.2, 0.25) is 0 Å². The first kappa shape index (κ1) is 11.8. The van der Waals surface area contributed by atoms with E-state index in [0.717, 1.165) is 0 Å². The summed E-state index contributed by atoms with van der Waals surface area (Å²) in [5, 5.41) is 31.2. The highest BCUT2D eigenvalue weighted by Gasteiger charge is 2.19. The molecule has 1 aromatic rings. The number of rotatable bonds is 5. The molecule has 0 bridgehead atoms. The highest BCUT2D eigenvalue weighted by atomic mass is 16.3. The van der Waals surface area contributed by atoms with Crippen molar-refractivity contribution in [3.63, 3.8) is 0 Å². The molecule has 0 aliphatic rings. The van der Waals surface area contributed by atoms with Gasteiger partial charge in [-0.2, -0.15) is 5.10 Å². The second-order valence-corrected chi connectivity index (χ2v) is 3.36. The SMILES string of the molecule is Nc1cnn(CC(O)C(CO)CO)c1N. The maximum absolute atomic E-state index is 9.62. The van der Waals surface area contributed by atoms with Crippen molar-refractivity contribution in [2.45, 2.75) is 12.6 Å². The number of hydrogen-bond acceptors (Lipinski definition) is 6. The van der Waals surface area contributed by atoms with Crippen LogP contribution < -0.4 is 11.5 Å². The van der Waals surface area contributed by atoms with Crippen LogP contribution in [0.3, 0.4) is 0 Å². The number of anilines is 2. The molecule has 0 aliphatic carbocycles. The summed E-state index contributed by atoms with van der Waals surface area (Å²) < 4.78 is 1.33. The number of aliphatic hydroxyl groups excluding tert-OH is 3. The fourth-order valence-corrected chi connectivity index (χ4v) is 1.18. The lowest BCUT2D eigenvalue weighted by atomic mass is 10.1. The Morgan fingerprint density at radius 1 is 1.33 bits per heavy atom. The van der Waals surface area contributed by atoms with Crippen LogP contribution in [0.1, 0.15) is 0 Å². The summed E-state index contributed by atoms with van der Waals surface area (Å²) in [4.78, 5) is 0. The maximum atomic E-state index is 9.62. The number of aromatic nitrogens is 2. The highest BCUT2D eigenvalue weighted by Crippen LogP contribution is 2.14. The molecule has 0 aromatic carbocycles. The van der Waals surface area contributed by atoms with E-state index in [9.17, 15) is 5.11 Å². The molecule has 7 N–H and O–H groups in total. The third-order valence-electron chi connectivity index (χ3n) is 2.28. The van der Waals surface area contributed by atoms with Crippen molar-refractivity contribution in [3.05, 3.63) is 6.20 Å². The second-order valence-electron chi connectivity index (χ2n) is 3.36. The largest absolute Gasteiger partial charge is 0.396 e. The fraction of sp³-hybridized carbons (Fsp3) is 0.625. The van der Waals surface area contributed by atoms with E-state index in [1.54, 1.807) is 0 Å². The number of nitrogens with zero attached hydrogens (tertiary/aromatic N) is 2. The first-order chi connectivity index (χ1) is 7.10. The van der Waals surface area contributed by atoms with Gasteiger partial charge in [-0.1, -0.05) is 0 Å². The van der Waals surface area contributed by atoms with Gasteiger partial charge in [0.25, 0.3) is 0 Å². The van der Waals surface area contributed by atoms with E-state index in [4.69, 9.17) is 21.7 Å². The number of hydrogen-bond donors (Lipinski definition) is 5. The lowest BCUT2D eigenvalue weighted by Crippen LogP contribution is -2.31. The molecule has 0 spiro atoms. The van der Waals surface area contributed by atoms with Crippen molar-refractivity contribution in [1.29, 1.82) is 0 Å². The van der Waals surface area contributed by atoms with Crippen LogP contribution in [0.4, 0.5) is 11.5 Å². The minimum Gasteiger partial charge on any atom is -0.396 e. The summed E-state index contributed by atoms with van der Waals surface area (Å²) in [6.45, 7) is -0.503. The van der Waals surface area contributed by atoms with Gasteiger partial charge < -0.3 is 26.8 Å². The first-order valence-electron chi connectivity index (χ1n) is 4.56. The summed E-state index contributed by atoms with van der Waals surface area (Å²) in [5.74, 6) is -0.335. The molecule has 1 aromatic heterocycles. The van der Waals surface area contributed by atoms with Gasteiger partial charge in [-0.05, 0) is 0 Å². The van der Waals surface area contributed by atoms with E-state index in [2.05, 4.69) is 5.10 Å².